The molecule has 172 valence electrons. The number of hydrogen-bond acceptors (Lipinski definition) is 8. The van der Waals surface area contributed by atoms with E-state index >= 15 is 0 Å². The number of fused-ring (bicyclic) bond motifs is 1. The van der Waals surface area contributed by atoms with E-state index in [1.165, 1.54) is 12.0 Å². The van der Waals surface area contributed by atoms with Crippen molar-refractivity contribution >= 4 is 28.2 Å². The predicted molar refractivity (Wildman–Crippen MR) is 118 cm³/mol. The van der Waals surface area contributed by atoms with E-state index in [0.717, 1.165) is 0 Å². The minimum absolute atomic E-state index is 0.0987. The summed E-state index contributed by atoms with van der Waals surface area (Å²) in [6, 6.07) is 5.90. The lowest BCUT2D eigenvalue weighted by atomic mass is 9.93. The summed E-state index contributed by atoms with van der Waals surface area (Å²) in [4.78, 5) is 29.2. The normalized spacial score (nSPS) is 26.0. The molecule has 1 fully saturated rings. The number of nitrogens with two attached hydrogens (primary N) is 1. The number of nitrogens with zero attached hydrogens (tertiary/aromatic N) is 2. The van der Waals surface area contributed by atoms with Gasteiger partial charge in [-0.1, -0.05) is 12.1 Å². The Morgan fingerprint density at radius 3 is 2.62 bits per heavy atom. The summed E-state index contributed by atoms with van der Waals surface area (Å²) in [6.45, 7) is 7.36. The first-order valence-corrected chi connectivity index (χ1v) is 11.1. The van der Waals surface area contributed by atoms with Crippen LogP contribution in [0.2, 0.25) is 0 Å². The Morgan fingerprint density at radius 1 is 1.38 bits per heavy atom. The van der Waals surface area contributed by atoms with Gasteiger partial charge in [0.05, 0.1) is 17.2 Å². The van der Waals surface area contributed by atoms with Gasteiger partial charge in [-0.15, -0.1) is 0 Å². The average Bonchev–Trinajstić information content (AvgIpc) is 3.25. The standard InChI is InChI=1S/C19H23BN3O6P.CH4O/c1-12-15(29-30(21)27-11-8-22-2)16(17(20)28-12)26-10-5-9-23-18(24)13-6-3-4-7-14(13)19(23)25;1-2/h3-4,6-7,12,15-17H,5,8-11,21H2,1H3;2H,1H3/t12-,15-,16-,17-,30?;/m1./s1/i1D;2T. The molecule has 2 aliphatic rings. The lowest BCUT2D eigenvalue weighted by Crippen LogP contribution is -2.38. The molecule has 0 aliphatic carbocycles. The van der Waals surface area contributed by atoms with Gasteiger partial charge in [0.1, 0.15) is 26.7 Å². The van der Waals surface area contributed by atoms with E-state index in [4.69, 9.17) is 41.2 Å². The van der Waals surface area contributed by atoms with Gasteiger partial charge in [0.15, 0.2) is 0 Å². The Hall–Kier alpha value is -1.90. The number of rotatable bonds is 10. The highest BCUT2D eigenvalue weighted by molar-refractivity contribution is 7.44. The van der Waals surface area contributed by atoms with Crippen molar-refractivity contribution in [3.8, 4) is 0 Å². The molecule has 0 aromatic heterocycles. The SMILES string of the molecule is [2H]C[C@H]1O[C@@H]([B])[C@H](OCCCN2C(=O)c3ccccc3C2=O)[C@@H]1OP(N)OCC[N+]#[C-].[3H]OC. The summed E-state index contributed by atoms with van der Waals surface area (Å²) in [5.41, 5.74) is 6.66. The van der Waals surface area contributed by atoms with Crippen LogP contribution in [0.1, 0.15) is 35.4 Å². The van der Waals surface area contributed by atoms with Crippen molar-refractivity contribution in [2.24, 2.45) is 5.50 Å². The molecule has 2 radical (unpaired) electrons. The molecule has 1 unspecified atom stereocenters. The molecule has 12 heteroatoms. The van der Waals surface area contributed by atoms with Crippen LogP contribution in [0.25, 0.3) is 4.85 Å². The number of aliphatic hydroxyl groups excluding tert-OH is 1. The van der Waals surface area contributed by atoms with E-state index in [9.17, 15) is 9.59 Å². The number of ether oxygens (including phenoxy) is 2. The van der Waals surface area contributed by atoms with E-state index in [1.54, 1.807) is 24.3 Å². The van der Waals surface area contributed by atoms with Crippen LogP contribution < -0.4 is 5.50 Å². The zero-order valence-electron chi connectivity index (χ0n) is 19.7. The number of hydrogen-bond donors (Lipinski definition) is 2. The van der Waals surface area contributed by atoms with Crippen LogP contribution in [0.4, 0.5) is 0 Å². The third-order valence-corrected chi connectivity index (χ3v) is 5.60. The predicted octanol–water partition coefficient (Wildman–Crippen LogP) is 1.09. The maximum atomic E-state index is 12.4. The maximum absolute atomic E-state index is 12.4. The summed E-state index contributed by atoms with van der Waals surface area (Å²) in [7, 11) is 5.50. The van der Waals surface area contributed by atoms with Crippen molar-refractivity contribution in [2.45, 2.75) is 37.6 Å². The van der Waals surface area contributed by atoms with Crippen LogP contribution >= 0.6 is 8.53 Å². The molecular weight excluding hydrogens is 436 g/mol. The Kier molecular flexibility index (Phi) is 9.43. The van der Waals surface area contributed by atoms with Crippen molar-refractivity contribution in [1.82, 2.24) is 4.90 Å². The van der Waals surface area contributed by atoms with Crippen LogP contribution in [-0.2, 0) is 18.5 Å². The summed E-state index contributed by atoms with van der Waals surface area (Å²) in [5, 5.41) is 3.50. The summed E-state index contributed by atoms with van der Waals surface area (Å²) in [5.74, 6) is -0.635. The lowest BCUT2D eigenvalue weighted by Gasteiger charge is -2.25. The number of carbonyl (C=O) groups is 2. The minimum atomic E-state index is -1.79. The molecule has 1 aromatic carbocycles. The largest absolute Gasteiger partial charge is 0.400 e. The summed E-state index contributed by atoms with van der Waals surface area (Å²) < 4.78 is 35.7. The minimum Gasteiger partial charge on any atom is -0.400 e. The Labute approximate surface area is 193 Å². The molecular formula is C20H27BN3O7P. The highest BCUT2D eigenvalue weighted by Gasteiger charge is 2.43. The molecule has 2 heterocycles. The third kappa shape index (κ3) is 6.33. The third-order valence-electron chi connectivity index (χ3n) is 4.71. The van der Waals surface area contributed by atoms with Gasteiger partial charge in [0, 0.05) is 27.6 Å². The summed E-state index contributed by atoms with van der Waals surface area (Å²) in [6.07, 6.45) is -1.62. The molecule has 1 saturated heterocycles. The number of aliphatic hydroxyl groups is 1. The van der Waals surface area contributed by atoms with E-state index in [-0.39, 0.29) is 45.0 Å². The molecule has 0 spiro atoms. The van der Waals surface area contributed by atoms with Gasteiger partial charge in [-0.2, -0.15) is 0 Å². The monoisotopic (exact) mass is 466 g/mol. The number of amides is 2. The maximum Gasteiger partial charge on any atom is 0.261 e. The van der Waals surface area contributed by atoms with Crippen molar-refractivity contribution in [3.05, 3.63) is 46.8 Å². The van der Waals surface area contributed by atoms with E-state index in [2.05, 4.69) is 9.95 Å². The molecule has 10 nitrogen and oxygen atoms in total. The summed E-state index contributed by atoms with van der Waals surface area (Å²) >= 11 is 0. The van der Waals surface area contributed by atoms with Gasteiger partial charge in [-0.3, -0.25) is 20.0 Å². The average molecular weight is 466 g/mol. The molecule has 5 atom stereocenters. The second kappa shape index (κ2) is 13.0. The van der Waals surface area contributed by atoms with Gasteiger partial charge in [-0.05, 0) is 25.5 Å². The second-order valence-electron chi connectivity index (χ2n) is 6.71. The number of benzene rings is 1. The smallest absolute Gasteiger partial charge is 0.261 e. The van der Waals surface area contributed by atoms with E-state index in [0.29, 0.717) is 17.5 Å². The first-order valence-electron chi connectivity index (χ1n) is 10.9. The van der Waals surface area contributed by atoms with Crippen molar-refractivity contribution in [1.29, 1.82) is 1.43 Å². The molecule has 3 rings (SSSR count). The van der Waals surface area contributed by atoms with Gasteiger partial charge in [0.2, 0.25) is 7.98 Å². The zero-order chi connectivity index (χ0) is 25.1. The molecule has 2 amide bonds. The zero-order valence-corrected chi connectivity index (χ0v) is 18.6. The van der Waals surface area contributed by atoms with Gasteiger partial charge >= 0.3 is 0 Å². The van der Waals surface area contributed by atoms with Crippen LogP contribution in [-0.4, -0.2) is 88.8 Å². The first-order chi connectivity index (χ1) is 16.4. The highest BCUT2D eigenvalue weighted by Crippen LogP contribution is 2.37. The molecule has 32 heavy (non-hydrogen) atoms. The topological polar surface area (TPSA) is 125 Å². The van der Waals surface area contributed by atoms with E-state index in [1.807, 2.05) is 0 Å². The molecule has 3 N–H and O–H groups in total. The molecule has 0 bridgehead atoms. The van der Waals surface area contributed by atoms with Gasteiger partial charge in [-0.25, -0.2) is 6.57 Å². The van der Waals surface area contributed by atoms with Crippen molar-refractivity contribution in [2.75, 3.05) is 33.4 Å². The second-order valence-corrected chi connectivity index (χ2v) is 7.75. The van der Waals surface area contributed by atoms with Crippen LogP contribution in [0, 0.1) is 6.57 Å². The molecule has 1 aromatic rings. The Morgan fingerprint density at radius 2 is 2.03 bits per heavy atom. The molecule has 2 aliphatic heterocycles. The van der Waals surface area contributed by atoms with Crippen molar-refractivity contribution < 1.29 is 34.6 Å². The fourth-order valence-corrected chi connectivity index (χ4v) is 4.10. The highest BCUT2D eigenvalue weighted by atomic mass is 31.2. The number of imide groups is 1. The van der Waals surface area contributed by atoms with Gasteiger partial charge in [0.25, 0.3) is 20.3 Å². The first kappa shape index (κ1) is 23.3. The Balaban J connectivity index is 0.00000129. The Bertz CT molecular complexity index is 831. The fraction of sp³-hybridized carbons (Fsp3) is 0.550. The molecule has 0 saturated carbocycles. The quantitative estimate of drug-likeness (QED) is 0.173. The fourth-order valence-electron chi connectivity index (χ4n) is 3.28. The van der Waals surface area contributed by atoms with E-state index < -0.39 is 32.8 Å². The number of carbonyl (C=O) groups excluding carboxylic acids is 2. The van der Waals surface area contributed by atoms with Crippen LogP contribution in [0.3, 0.4) is 0 Å². The van der Waals surface area contributed by atoms with Crippen LogP contribution in [0.15, 0.2) is 24.3 Å². The van der Waals surface area contributed by atoms with Crippen molar-refractivity contribution in [3.63, 3.8) is 0 Å². The van der Waals surface area contributed by atoms with Gasteiger partial charge < -0.3 is 28.5 Å². The lowest BCUT2D eigenvalue weighted by molar-refractivity contribution is -0.0139. The van der Waals surface area contributed by atoms with Crippen LogP contribution in [0.5, 0.6) is 0 Å².